The van der Waals surface area contributed by atoms with Crippen LogP contribution < -0.4 is 14.4 Å². The molecule has 0 radical (unpaired) electrons. The van der Waals surface area contributed by atoms with E-state index >= 15 is 0 Å². The van der Waals surface area contributed by atoms with Gasteiger partial charge in [0.1, 0.15) is 18.3 Å². The van der Waals surface area contributed by atoms with Crippen molar-refractivity contribution in [3.63, 3.8) is 0 Å². The molecule has 1 atom stereocenters. The van der Waals surface area contributed by atoms with Crippen molar-refractivity contribution in [2.24, 2.45) is 0 Å². The van der Waals surface area contributed by atoms with Crippen molar-refractivity contribution in [1.29, 1.82) is 0 Å². The number of nitrogens with zero attached hydrogens (tertiary/aromatic N) is 2. The van der Waals surface area contributed by atoms with Gasteiger partial charge in [0.2, 0.25) is 11.8 Å². The highest BCUT2D eigenvalue weighted by molar-refractivity contribution is 7.92. The van der Waals surface area contributed by atoms with Crippen LogP contribution in [0.1, 0.15) is 12.5 Å². The van der Waals surface area contributed by atoms with E-state index in [2.05, 4.69) is 5.32 Å². The molecule has 0 saturated heterocycles. The number of carbonyl (C=O) groups is 2. The van der Waals surface area contributed by atoms with Gasteiger partial charge in [-0.15, -0.1) is 0 Å². The van der Waals surface area contributed by atoms with E-state index in [1.54, 1.807) is 43.3 Å². The van der Waals surface area contributed by atoms with Crippen molar-refractivity contribution in [2.45, 2.75) is 24.4 Å². The topological polar surface area (TPSA) is 96.0 Å². The first-order chi connectivity index (χ1) is 18.0. The minimum atomic E-state index is -4.21. The Kier molecular flexibility index (Phi) is 9.89. The molecule has 12 heteroatoms. The largest absolute Gasteiger partial charge is 0.495 e. The van der Waals surface area contributed by atoms with Crippen LogP contribution in [0.25, 0.3) is 0 Å². The van der Waals surface area contributed by atoms with Crippen LogP contribution in [0.3, 0.4) is 0 Å². The SMILES string of the molecule is CNC(=O)[C@@H](C)N(Cc1ccc(Cl)c(Cl)c1)C(=O)CN(c1ccc(OC)c(Cl)c1)S(=O)(=O)c1ccccc1. The molecular weight excluding hydrogens is 573 g/mol. The third-order valence-corrected chi connectivity index (χ3v) is 8.61. The van der Waals surface area contributed by atoms with E-state index in [0.717, 1.165) is 4.31 Å². The fourth-order valence-corrected chi connectivity index (χ4v) is 5.68. The normalized spacial score (nSPS) is 11.9. The Morgan fingerprint density at radius 2 is 1.63 bits per heavy atom. The van der Waals surface area contributed by atoms with Crippen LogP contribution in [0.2, 0.25) is 15.1 Å². The van der Waals surface area contributed by atoms with Crippen molar-refractivity contribution in [1.82, 2.24) is 10.2 Å². The molecule has 0 spiro atoms. The Balaban J connectivity index is 2.06. The number of likely N-dealkylation sites (N-methyl/N-ethyl adjacent to an activating group) is 1. The molecule has 0 aromatic heterocycles. The lowest BCUT2D eigenvalue weighted by Gasteiger charge is -2.32. The van der Waals surface area contributed by atoms with Crippen LogP contribution in [0.4, 0.5) is 5.69 Å². The molecule has 0 aliphatic carbocycles. The zero-order chi connectivity index (χ0) is 28.0. The van der Waals surface area contributed by atoms with E-state index in [-0.39, 0.29) is 27.2 Å². The molecule has 0 aliphatic heterocycles. The van der Waals surface area contributed by atoms with Crippen LogP contribution in [0, 0.1) is 0 Å². The first-order valence-electron chi connectivity index (χ1n) is 11.4. The van der Waals surface area contributed by atoms with Gasteiger partial charge < -0.3 is 15.0 Å². The van der Waals surface area contributed by atoms with Gasteiger partial charge in [0.05, 0.1) is 32.8 Å². The maximum atomic E-state index is 13.8. The molecule has 0 aliphatic rings. The Morgan fingerprint density at radius 1 is 0.947 bits per heavy atom. The van der Waals surface area contributed by atoms with E-state index in [9.17, 15) is 18.0 Å². The average molecular weight is 599 g/mol. The van der Waals surface area contributed by atoms with Gasteiger partial charge in [-0.1, -0.05) is 59.1 Å². The number of hydrogen-bond donors (Lipinski definition) is 1. The summed E-state index contributed by atoms with van der Waals surface area (Å²) in [6.07, 6.45) is 0. The lowest BCUT2D eigenvalue weighted by atomic mass is 10.1. The van der Waals surface area contributed by atoms with Crippen LogP contribution in [0.5, 0.6) is 5.75 Å². The molecule has 8 nitrogen and oxygen atoms in total. The number of rotatable bonds is 10. The van der Waals surface area contributed by atoms with Crippen LogP contribution >= 0.6 is 34.8 Å². The number of methoxy groups -OCH3 is 1. The molecule has 3 aromatic rings. The van der Waals surface area contributed by atoms with E-state index in [4.69, 9.17) is 39.5 Å². The quantitative estimate of drug-likeness (QED) is 0.354. The number of sulfonamides is 1. The molecule has 3 aromatic carbocycles. The lowest BCUT2D eigenvalue weighted by molar-refractivity contribution is -0.139. The molecule has 0 heterocycles. The summed E-state index contributed by atoms with van der Waals surface area (Å²) in [5, 5.41) is 3.31. The zero-order valence-electron chi connectivity index (χ0n) is 20.8. The second kappa shape index (κ2) is 12.7. The number of carbonyl (C=O) groups excluding carboxylic acids is 2. The van der Waals surface area contributed by atoms with Gasteiger partial charge in [0, 0.05) is 13.6 Å². The average Bonchev–Trinajstić information content (AvgIpc) is 2.91. The maximum Gasteiger partial charge on any atom is 0.264 e. The molecule has 0 bridgehead atoms. The van der Waals surface area contributed by atoms with Crippen molar-refractivity contribution >= 4 is 62.3 Å². The zero-order valence-corrected chi connectivity index (χ0v) is 23.9. The predicted molar refractivity (Wildman–Crippen MR) is 150 cm³/mol. The predicted octanol–water partition coefficient (Wildman–Crippen LogP) is 5.01. The van der Waals surface area contributed by atoms with Crippen molar-refractivity contribution in [3.8, 4) is 5.75 Å². The first kappa shape index (κ1) is 29.6. The fraction of sp³-hybridized carbons (Fsp3) is 0.231. The number of benzene rings is 3. The number of nitrogens with one attached hydrogen (secondary N) is 1. The van der Waals surface area contributed by atoms with Crippen LogP contribution in [-0.4, -0.2) is 51.9 Å². The molecular formula is C26H26Cl3N3O5S. The second-order valence-corrected chi connectivity index (χ2v) is 11.3. The Bertz CT molecular complexity index is 1420. The first-order valence-corrected chi connectivity index (χ1v) is 13.9. The van der Waals surface area contributed by atoms with Crippen molar-refractivity contribution in [3.05, 3.63) is 87.4 Å². The molecule has 0 fully saturated rings. The van der Waals surface area contributed by atoms with Gasteiger partial charge in [-0.25, -0.2) is 8.42 Å². The van der Waals surface area contributed by atoms with E-state index < -0.39 is 34.4 Å². The number of ether oxygens (including phenoxy) is 1. The summed E-state index contributed by atoms with van der Waals surface area (Å²) < 4.78 is 33.6. The monoisotopic (exact) mass is 597 g/mol. The fourth-order valence-electron chi connectivity index (χ4n) is 3.69. The standard InChI is InChI=1S/C26H26Cl3N3O5S/c1-17(26(34)30-2)31(15-18-9-11-21(27)22(28)13-18)25(33)16-32(19-10-12-24(37-3)23(29)14-19)38(35,36)20-7-5-4-6-8-20/h4-14,17H,15-16H2,1-3H3,(H,30,34)/t17-/m1/s1. The van der Waals surface area contributed by atoms with E-state index in [0.29, 0.717) is 16.3 Å². The molecule has 202 valence electrons. The number of halogens is 3. The van der Waals surface area contributed by atoms with Gasteiger partial charge >= 0.3 is 0 Å². The minimum Gasteiger partial charge on any atom is -0.495 e. The molecule has 0 saturated carbocycles. The van der Waals surface area contributed by atoms with Gasteiger partial charge in [-0.05, 0) is 55.0 Å². The van der Waals surface area contributed by atoms with Gasteiger partial charge in [0.25, 0.3) is 10.0 Å². The minimum absolute atomic E-state index is 0.0184. The Morgan fingerprint density at radius 3 is 2.21 bits per heavy atom. The third kappa shape index (κ3) is 6.71. The summed E-state index contributed by atoms with van der Waals surface area (Å²) in [6.45, 7) is 0.921. The van der Waals surface area contributed by atoms with Crippen LogP contribution in [0.15, 0.2) is 71.6 Å². The highest BCUT2D eigenvalue weighted by Crippen LogP contribution is 2.32. The number of anilines is 1. The summed E-state index contributed by atoms with van der Waals surface area (Å²) in [4.78, 5) is 27.6. The Hall–Kier alpha value is -2.98. The van der Waals surface area contributed by atoms with Crippen LogP contribution in [-0.2, 0) is 26.2 Å². The molecule has 38 heavy (non-hydrogen) atoms. The summed E-state index contributed by atoms with van der Waals surface area (Å²) in [5.41, 5.74) is 0.753. The number of amides is 2. The third-order valence-electron chi connectivity index (χ3n) is 5.78. The van der Waals surface area contributed by atoms with Gasteiger partial charge in [0.15, 0.2) is 0 Å². The summed E-state index contributed by atoms with van der Waals surface area (Å²) in [6, 6.07) is 16.0. The van der Waals surface area contributed by atoms with Gasteiger partial charge in [-0.2, -0.15) is 0 Å². The molecule has 0 unspecified atom stereocenters. The lowest BCUT2D eigenvalue weighted by Crippen LogP contribution is -2.50. The van der Waals surface area contributed by atoms with Crippen molar-refractivity contribution in [2.75, 3.05) is 25.0 Å². The van der Waals surface area contributed by atoms with Crippen molar-refractivity contribution < 1.29 is 22.7 Å². The van der Waals surface area contributed by atoms with E-state index in [1.807, 2.05) is 0 Å². The van der Waals surface area contributed by atoms with Gasteiger partial charge in [-0.3, -0.25) is 13.9 Å². The number of hydrogen-bond acceptors (Lipinski definition) is 5. The second-order valence-electron chi connectivity index (χ2n) is 8.20. The summed E-state index contributed by atoms with van der Waals surface area (Å²) in [7, 11) is -1.32. The Labute approximate surface area is 237 Å². The maximum absolute atomic E-state index is 13.8. The molecule has 2 amide bonds. The molecule has 3 rings (SSSR count). The highest BCUT2D eigenvalue weighted by atomic mass is 35.5. The highest BCUT2D eigenvalue weighted by Gasteiger charge is 2.32. The van der Waals surface area contributed by atoms with E-state index in [1.165, 1.54) is 49.4 Å². The molecule has 1 N–H and O–H groups in total. The summed E-state index contributed by atoms with van der Waals surface area (Å²) in [5.74, 6) is -0.713. The smallest absolute Gasteiger partial charge is 0.264 e. The summed E-state index contributed by atoms with van der Waals surface area (Å²) >= 11 is 18.5.